The van der Waals surface area contributed by atoms with Gasteiger partial charge in [0, 0.05) is 17.4 Å². The van der Waals surface area contributed by atoms with Gasteiger partial charge in [-0.2, -0.15) is 5.26 Å². The molecule has 0 radical (unpaired) electrons. The lowest BCUT2D eigenvalue weighted by molar-refractivity contribution is -0.158. The Labute approximate surface area is 130 Å². The van der Waals surface area contributed by atoms with Crippen LogP contribution in [-0.2, 0) is 19.1 Å². The van der Waals surface area contributed by atoms with Crippen molar-refractivity contribution >= 4 is 11.9 Å². The minimum absolute atomic E-state index is 0.0430. The summed E-state index contributed by atoms with van der Waals surface area (Å²) >= 11 is 0. The van der Waals surface area contributed by atoms with Crippen LogP contribution in [0.4, 0.5) is 0 Å². The third-order valence-electron chi connectivity index (χ3n) is 5.59. The Hall–Kier alpha value is -1.83. The van der Waals surface area contributed by atoms with Crippen LogP contribution >= 0.6 is 0 Å². The number of ether oxygens (including phenoxy) is 2. The van der Waals surface area contributed by atoms with Gasteiger partial charge in [-0.15, -0.1) is 0 Å². The summed E-state index contributed by atoms with van der Waals surface area (Å²) < 4.78 is 11.0. The van der Waals surface area contributed by atoms with Gasteiger partial charge >= 0.3 is 11.9 Å². The van der Waals surface area contributed by atoms with E-state index >= 15 is 0 Å². The van der Waals surface area contributed by atoms with Crippen LogP contribution in [0.1, 0.15) is 39.5 Å². The monoisotopic (exact) mass is 303 g/mol. The molecule has 2 saturated carbocycles. The molecule has 0 spiro atoms. The number of hydrogen-bond donors (Lipinski definition) is 0. The maximum atomic E-state index is 12.2. The smallest absolute Gasteiger partial charge is 0.333 e. The lowest BCUT2D eigenvalue weighted by Gasteiger charge is -2.28. The first-order valence-electron chi connectivity index (χ1n) is 7.94. The van der Waals surface area contributed by atoms with Crippen LogP contribution in [0.15, 0.2) is 12.2 Å². The van der Waals surface area contributed by atoms with Gasteiger partial charge in [0.25, 0.3) is 0 Å². The van der Waals surface area contributed by atoms with E-state index in [1.165, 1.54) is 0 Å². The summed E-state index contributed by atoms with van der Waals surface area (Å²) in [6.45, 7) is 7.95. The number of nitrogens with zero attached hydrogens (tertiary/aromatic N) is 1. The molecule has 2 aliphatic carbocycles. The third-order valence-corrected chi connectivity index (χ3v) is 5.59. The molecule has 5 nitrogen and oxygen atoms in total. The summed E-state index contributed by atoms with van der Waals surface area (Å²) in [4.78, 5) is 24.2. The normalized spacial score (nSPS) is 39.2. The van der Waals surface area contributed by atoms with Gasteiger partial charge in [-0.05, 0) is 25.2 Å². The molecule has 0 aromatic heterocycles. The van der Waals surface area contributed by atoms with E-state index in [-0.39, 0.29) is 11.8 Å². The highest BCUT2D eigenvalue weighted by Crippen LogP contribution is 2.62. The van der Waals surface area contributed by atoms with Gasteiger partial charge < -0.3 is 9.47 Å². The van der Waals surface area contributed by atoms with Crippen molar-refractivity contribution in [1.82, 2.24) is 0 Å². The zero-order chi connectivity index (χ0) is 16.1. The predicted octanol–water partition coefficient (Wildman–Crippen LogP) is 2.37. The summed E-state index contributed by atoms with van der Waals surface area (Å²) in [6, 6.07) is 2.15. The number of carbonyl (C=O) groups is 2. The van der Waals surface area contributed by atoms with E-state index in [1.54, 1.807) is 0 Å². The fourth-order valence-corrected chi connectivity index (χ4v) is 4.14. The summed E-state index contributed by atoms with van der Waals surface area (Å²) in [5.74, 6) is -0.541. The molecule has 6 unspecified atom stereocenters. The summed E-state index contributed by atoms with van der Waals surface area (Å²) in [6.07, 6.45) is 1.89. The van der Waals surface area contributed by atoms with Crippen molar-refractivity contribution in [2.75, 3.05) is 0 Å². The molecule has 2 bridgehead atoms. The number of carbonyl (C=O) groups excluding carboxylic acids is 2. The first kappa shape index (κ1) is 15.1. The lowest BCUT2D eigenvalue weighted by atomic mass is 9.74. The summed E-state index contributed by atoms with van der Waals surface area (Å²) in [7, 11) is 0. The minimum atomic E-state index is -0.994. The van der Waals surface area contributed by atoms with Gasteiger partial charge in [-0.3, -0.25) is 4.79 Å². The summed E-state index contributed by atoms with van der Waals surface area (Å²) in [5.41, 5.74) is -0.528. The molecule has 3 rings (SSSR count). The highest BCUT2D eigenvalue weighted by atomic mass is 16.6. The Morgan fingerprint density at radius 2 is 2.36 bits per heavy atom. The van der Waals surface area contributed by atoms with Crippen molar-refractivity contribution in [1.29, 1.82) is 5.26 Å². The second-order valence-electron chi connectivity index (χ2n) is 6.95. The standard InChI is InChI=1S/C17H21NO4/c1-4-9(2)5-10(3)15(19)21-13-11-6-12-14(13)22-16(20)17(12,7-11)8-18/h9,11-14H,3-7H2,1-2H3. The zero-order valence-corrected chi connectivity index (χ0v) is 13.0. The molecule has 22 heavy (non-hydrogen) atoms. The molecule has 5 heteroatoms. The second kappa shape index (κ2) is 5.12. The average Bonchev–Trinajstić information content (AvgIpc) is 3.08. The largest absolute Gasteiger partial charge is 0.457 e. The second-order valence-corrected chi connectivity index (χ2v) is 6.95. The Bertz CT molecular complexity index is 578. The van der Waals surface area contributed by atoms with Gasteiger partial charge in [0.1, 0.15) is 12.2 Å². The topological polar surface area (TPSA) is 76.4 Å². The molecule has 1 saturated heterocycles. The average molecular weight is 303 g/mol. The number of nitriles is 1. The zero-order valence-electron chi connectivity index (χ0n) is 13.0. The van der Waals surface area contributed by atoms with Crippen LogP contribution in [0.3, 0.4) is 0 Å². The van der Waals surface area contributed by atoms with Gasteiger partial charge in [0.15, 0.2) is 5.41 Å². The molecule has 0 aromatic carbocycles. The van der Waals surface area contributed by atoms with E-state index in [1.807, 2.05) is 0 Å². The first-order chi connectivity index (χ1) is 10.4. The highest BCUT2D eigenvalue weighted by molar-refractivity contribution is 5.88. The van der Waals surface area contributed by atoms with Crippen molar-refractivity contribution in [3.8, 4) is 6.07 Å². The maximum absolute atomic E-state index is 12.2. The van der Waals surface area contributed by atoms with E-state index in [0.717, 1.165) is 12.8 Å². The van der Waals surface area contributed by atoms with Crippen LogP contribution in [0.25, 0.3) is 0 Å². The van der Waals surface area contributed by atoms with Crippen LogP contribution in [0.5, 0.6) is 0 Å². The Balaban J connectivity index is 1.67. The predicted molar refractivity (Wildman–Crippen MR) is 77.2 cm³/mol. The number of rotatable bonds is 5. The quantitative estimate of drug-likeness (QED) is 0.575. The molecule has 6 atom stereocenters. The lowest BCUT2D eigenvalue weighted by Crippen LogP contribution is -2.40. The van der Waals surface area contributed by atoms with Gasteiger partial charge in [-0.1, -0.05) is 26.8 Å². The van der Waals surface area contributed by atoms with Gasteiger partial charge in [0.05, 0.1) is 6.07 Å². The highest BCUT2D eigenvalue weighted by Gasteiger charge is 2.72. The van der Waals surface area contributed by atoms with Crippen molar-refractivity contribution in [3.63, 3.8) is 0 Å². The Kier molecular flexibility index (Phi) is 3.51. The molecule has 0 amide bonds. The van der Waals surface area contributed by atoms with Crippen molar-refractivity contribution < 1.29 is 19.1 Å². The molecule has 1 heterocycles. The Morgan fingerprint density at radius 3 is 3.00 bits per heavy atom. The molecule has 1 aliphatic heterocycles. The minimum Gasteiger partial charge on any atom is -0.457 e. The van der Waals surface area contributed by atoms with Gasteiger partial charge in [0.2, 0.25) is 0 Å². The fourth-order valence-electron chi connectivity index (χ4n) is 4.14. The molecule has 0 aromatic rings. The first-order valence-corrected chi connectivity index (χ1v) is 7.94. The van der Waals surface area contributed by atoms with Crippen molar-refractivity contribution in [3.05, 3.63) is 12.2 Å². The third kappa shape index (κ3) is 1.97. The SMILES string of the molecule is C=C(CC(C)CC)C(=O)OC1C2CC3C1OC(=O)C3(C#N)C2. The van der Waals surface area contributed by atoms with Crippen LogP contribution in [-0.4, -0.2) is 24.1 Å². The van der Waals surface area contributed by atoms with Crippen molar-refractivity contribution in [2.45, 2.75) is 51.7 Å². The number of esters is 2. The van der Waals surface area contributed by atoms with Crippen LogP contribution < -0.4 is 0 Å². The fraction of sp³-hybridized carbons (Fsp3) is 0.706. The Morgan fingerprint density at radius 1 is 1.64 bits per heavy atom. The number of fused-ring (bicyclic) bond motifs is 1. The van der Waals surface area contributed by atoms with E-state index in [4.69, 9.17) is 9.47 Å². The van der Waals surface area contributed by atoms with E-state index < -0.39 is 29.6 Å². The van der Waals surface area contributed by atoms with Gasteiger partial charge in [-0.25, -0.2) is 4.79 Å². The summed E-state index contributed by atoms with van der Waals surface area (Å²) in [5, 5.41) is 9.35. The van der Waals surface area contributed by atoms with E-state index in [0.29, 0.717) is 24.3 Å². The maximum Gasteiger partial charge on any atom is 0.333 e. The van der Waals surface area contributed by atoms with Crippen molar-refractivity contribution in [2.24, 2.45) is 23.2 Å². The van der Waals surface area contributed by atoms with E-state index in [2.05, 4.69) is 26.5 Å². The molecule has 3 fully saturated rings. The molecular formula is C17H21NO4. The molecule has 3 aliphatic rings. The molecule has 0 N–H and O–H groups in total. The molecular weight excluding hydrogens is 282 g/mol. The van der Waals surface area contributed by atoms with Crippen LogP contribution in [0, 0.1) is 34.5 Å². The van der Waals surface area contributed by atoms with Crippen LogP contribution in [0.2, 0.25) is 0 Å². The van der Waals surface area contributed by atoms with E-state index in [9.17, 15) is 14.9 Å². The molecule has 118 valence electrons. The number of hydrogen-bond acceptors (Lipinski definition) is 5.